The summed E-state index contributed by atoms with van der Waals surface area (Å²) in [6, 6.07) is -4.85. The molecule has 4 atom stereocenters. The van der Waals surface area contributed by atoms with Gasteiger partial charge in [0.1, 0.15) is 18.1 Å². The molecule has 0 aromatic heterocycles. The first-order chi connectivity index (χ1) is 14.4. The Morgan fingerprint density at radius 2 is 1.52 bits per heavy atom. The first-order valence-corrected chi connectivity index (χ1v) is 9.86. The maximum Gasteiger partial charge on any atom is 0.325 e. The molecule has 12 N–H and O–H groups in total. The molecule has 0 aliphatic carbocycles. The van der Waals surface area contributed by atoms with Crippen molar-refractivity contribution in [3.05, 3.63) is 0 Å². The zero-order valence-corrected chi connectivity index (χ0v) is 17.9. The molecule has 0 radical (unpaired) electrons. The Hall–Kier alpha value is -3.07. The fraction of sp³-hybridized carbons (Fsp3) is 0.625. The van der Waals surface area contributed by atoms with Crippen molar-refractivity contribution in [2.75, 3.05) is 12.3 Å². The number of rotatable bonds is 14. The SMILES string of the molecule is CC(NC(=O)C(CS)NC(=O)C(CC(N)=O)NC(=O)C(N)CCCN=C(N)N)C(=O)O. The number of hydrogen-bond donors (Lipinski definition) is 9. The minimum Gasteiger partial charge on any atom is -0.480 e. The summed E-state index contributed by atoms with van der Waals surface area (Å²) in [5.41, 5.74) is 21.3. The van der Waals surface area contributed by atoms with Gasteiger partial charge in [0.05, 0.1) is 12.5 Å². The zero-order valence-electron chi connectivity index (χ0n) is 17.0. The molecule has 14 nitrogen and oxygen atoms in total. The van der Waals surface area contributed by atoms with E-state index in [0.29, 0.717) is 6.42 Å². The summed E-state index contributed by atoms with van der Waals surface area (Å²) in [5, 5.41) is 15.6. The van der Waals surface area contributed by atoms with Crippen LogP contribution in [0.3, 0.4) is 0 Å². The second-order valence-electron chi connectivity index (χ2n) is 6.60. The van der Waals surface area contributed by atoms with Crippen LogP contribution in [0, 0.1) is 0 Å². The molecule has 0 bridgehead atoms. The number of hydrogen-bond acceptors (Lipinski definition) is 8. The van der Waals surface area contributed by atoms with E-state index in [2.05, 4.69) is 33.6 Å². The van der Waals surface area contributed by atoms with Gasteiger partial charge in [-0.1, -0.05) is 0 Å². The lowest BCUT2D eigenvalue weighted by Gasteiger charge is -2.23. The van der Waals surface area contributed by atoms with E-state index in [-0.39, 0.29) is 24.7 Å². The molecule has 4 amide bonds. The first kappa shape index (κ1) is 27.9. The van der Waals surface area contributed by atoms with Crippen LogP contribution in [0.15, 0.2) is 4.99 Å². The summed E-state index contributed by atoms with van der Waals surface area (Å²) in [7, 11) is 0. The maximum atomic E-state index is 12.5. The molecule has 0 aliphatic rings. The number of guanidine groups is 1. The number of nitrogens with zero attached hydrogens (tertiary/aromatic N) is 1. The van der Waals surface area contributed by atoms with Gasteiger partial charge in [-0.3, -0.25) is 29.0 Å². The molecule has 0 aromatic rings. The van der Waals surface area contributed by atoms with Crippen LogP contribution in [0.5, 0.6) is 0 Å². The number of carboxylic acid groups (broad SMARTS) is 1. The topological polar surface area (TPSA) is 258 Å². The van der Waals surface area contributed by atoms with Gasteiger partial charge >= 0.3 is 5.97 Å². The zero-order chi connectivity index (χ0) is 24.1. The number of amides is 4. The minimum absolute atomic E-state index is 0.100. The number of thiol groups is 1. The van der Waals surface area contributed by atoms with E-state index in [0.717, 1.165) is 0 Å². The van der Waals surface area contributed by atoms with Crippen molar-refractivity contribution in [3.63, 3.8) is 0 Å². The number of carboxylic acids is 1. The average molecular weight is 463 g/mol. The number of nitrogens with one attached hydrogen (secondary N) is 3. The van der Waals surface area contributed by atoms with Crippen LogP contribution in [0.1, 0.15) is 26.2 Å². The molecule has 0 aromatic carbocycles. The van der Waals surface area contributed by atoms with E-state index in [1.54, 1.807) is 0 Å². The summed E-state index contributed by atoms with van der Waals surface area (Å²) in [6.45, 7) is 1.49. The van der Waals surface area contributed by atoms with Gasteiger partial charge < -0.3 is 44.0 Å². The molecule has 176 valence electrons. The highest BCUT2D eigenvalue weighted by molar-refractivity contribution is 7.80. The van der Waals surface area contributed by atoms with Gasteiger partial charge in [0.15, 0.2) is 5.96 Å². The average Bonchev–Trinajstić information content (AvgIpc) is 2.67. The Bertz CT molecular complexity index is 700. The third-order valence-electron chi connectivity index (χ3n) is 3.89. The predicted molar refractivity (Wildman–Crippen MR) is 115 cm³/mol. The molecule has 15 heteroatoms. The van der Waals surface area contributed by atoms with Crippen LogP contribution in [-0.4, -0.2) is 77.1 Å². The van der Waals surface area contributed by atoms with Crippen LogP contribution in [-0.2, 0) is 24.0 Å². The van der Waals surface area contributed by atoms with Crippen molar-refractivity contribution < 1.29 is 29.1 Å². The summed E-state index contributed by atoms with van der Waals surface area (Å²) in [5.74, 6) is -4.85. The Labute approximate surface area is 184 Å². The van der Waals surface area contributed by atoms with Crippen molar-refractivity contribution in [1.29, 1.82) is 0 Å². The van der Waals surface area contributed by atoms with E-state index >= 15 is 0 Å². The molecule has 0 heterocycles. The smallest absolute Gasteiger partial charge is 0.325 e. The molecule has 0 saturated heterocycles. The van der Waals surface area contributed by atoms with Crippen molar-refractivity contribution >= 4 is 48.2 Å². The molecule has 31 heavy (non-hydrogen) atoms. The molecule has 0 spiro atoms. The van der Waals surface area contributed by atoms with Gasteiger partial charge in [-0.15, -0.1) is 0 Å². The third-order valence-corrected chi connectivity index (χ3v) is 4.25. The fourth-order valence-corrected chi connectivity index (χ4v) is 2.44. The number of primary amides is 1. The number of aliphatic imine (C=N–C) groups is 1. The lowest BCUT2D eigenvalue weighted by Crippen LogP contribution is -2.58. The Kier molecular flexibility index (Phi) is 12.6. The second kappa shape index (κ2) is 14.0. The summed E-state index contributed by atoms with van der Waals surface area (Å²) < 4.78 is 0. The number of aliphatic carboxylic acids is 1. The number of carbonyl (C=O) groups excluding carboxylic acids is 4. The van der Waals surface area contributed by atoms with Gasteiger partial charge in [-0.2, -0.15) is 12.6 Å². The quantitative estimate of drug-likeness (QED) is 0.0523. The van der Waals surface area contributed by atoms with Gasteiger partial charge in [0, 0.05) is 12.3 Å². The molecule has 0 aliphatic heterocycles. The normalized spacial score (nSPS) is 14.3. The highest BCUT2D eigenvalue weighted by Crippen LogP contribution is 2.00. The molecule has 0 fully saturated rings. The molecular formula is C16H30N8O6S. The Morgan fingerprint density at radius 3 is 2.00 bits per heavy atom. The van der Waals surface area contributed by atoms with Crippen molar-refractivity contribution in [1.82, 2.24) is 16.0 Å². The van der Waals surface area contributed by atoms with Crippen LogP contribution in [0.4, 0.5) is 0 Å². The minimum atomic E-state index is -1.40. The third kappa shape index (κ3) is 11.6. The van der Waals surface area contributed by atoms with Gasteiger partial charge in [0.25, 0.3) is 0 Å². The van der Waals surface area contributed by atoms with E-state index in [4.69, 9.17) is 28.0 Å². The van der Waals surface area contributed by atoms with E-state index < -0.39 is 60.2 Å². The van der Waals surface area contributed by atoms with Gasteiger partial charge in [-0.25, -0.2) is 0 Å². The van der Waals surface area contributed by atoms with Crippen LogP contribution in [0.2, 0.25) is 0 Å². The molecule has 0 saturated carbocycles. The van der Waals surface area contributed by atoms with E-state index in [9.17, 15) is 24.0 Å². The highest BCUT2D eigenvalue weighted by atomic mass is 32.1. The Balaban J connectivity index is 5.03. The molecular weight excluding hydrogens is 432 g/mol. The standard InChI is InChI=1S/C16H30N8O6S/c1-7(15(29)30)22-14(28)10(6-31)24-13(27)9(5-11(18)25)23-12(26)8(17)3-2-4-21-16(19)20/h7-10,31H,2-6,17H2,1H3,(H2,18,25)(H,22,28)(H,23,26)(H,24,27)(H,29,30)(H4,19,20,21). The summed E-state index contributed by atoms with van der Waals surface area (Å²) in [6.07, 6.45) is 0.0375. The first-order valence-electron chi connectivity index (χ1n) is 9.23. The van der Waals surface area contributed by atoms with Crippen molar-refractivity contribution in [2.45, 2.75) is 50.4 Å². The van der Waals surface area contributed by atoms with Crippen LogP contribution in [0.25, 0.3) is 0 Å². The number of nitrogens with two attached hydrogens (primary N) is 4. The van der Waals surface area contributed by atoms with E-state index in [1.165, 1.54) is 6.92 Å². The number of carbonyl (C=O) groups is 5. The summed E-state index contributed by atoms with van der Waals surface area (Å²) >= 11 is 3.96. The maximum absolute atomic E-state index is 12.5. The lowest BCUT2D eigenvalue weighted by molar-refractivity contribution is -0.141. The predicted octanol–water partition coefficient (Wildman–Crippen LogP) is -4.27. The van der Waals surface area contributed by atoms with Crippen LogP contribution < -0.4 is 38.9 Å². The monoisotopic (exact) mass is 462 g/mol. The van der Waals surface area contributed by atoms with Crippen molar-refractivity contribution in [2.24, 2.45) is 27.9 Å². The second-order valence-corrected chi connectivity index (χ2v) is 6.96. The molecule has 4 unspecified atom stereocenters. The highest BCUT2D eigenvalue weighted by Gasteiger charge is 2.29. The van der Waals surface area contributed by atoms with Crippen LogP contribution >= 0.6 is 12.6 Å². The fourth-order valence-electron chi connectivity index (χ4n) is 2.18. The lowest BCUT2D eigenvalue weighted by atomic mass is 10.1. The van der Waals surface area contributed by atoms with E-state index in [1.807, 2.05) is 0 Å². The van der Waals surface area contributed by atoms with Gasteiger partial charge in [0.2, 0.25) is 23.6 Å². The Morgan fingerprint density at radius 1 is 0.968 bits per heavy atom. The molecule has 0 rings (SSSR count). The summed E-state index contributed by atoms with van der Waals surface area (Å²) in [4.78, 5) is 62.8. The van der Waals surface area contributed by atoms with Gasteiger partial charge in [-0.05, 0) is 19.8 Å². The van der Waals surface area contributed by atoms with Crippen molar-refractivity contribution in [3.8, 4) is 0 Å². The largest absolute Gasteiger partial charge is 0.480 e.